The third-order valence-electron chi connectivity index (χ3n) is 4.49. The zero-order valence-electron chi connectivity index (χ0n) is 13.8. The van der Waals surface area contributed by atoms with Crippen molar-refractivity contribution in [3.8, 4) is 0 Å². The molecule has 1 aliphatic rings. The Morgan fingerprint density at radius 2 is 2.39 bits per heavy atom. The first-order chi connectivity index (χ1) is 11.1. The van der Waals surface area contributed by atoms with Gasteiger partial charge in [-0.3, -0.25) is 5.10 Å². The largest absolute Gasteiger partial charge is 0.329 e. The minimum absolute atomic E-state index is 0.00505. The van der Waals surface area contributed by atoms with Gasteiger partial charge in [0.05, 0.1) is 17.8 Å². The van der Waals surface area contributed by atoms with Crippen molar-refractivity contribution in [2.45, 2.75) is 52.1 Å². The standard InChI is InChI=1S/C16H23N5OS/c1-4-12(15-17-7-9-23-15)18-16(22)21-8-5-6-13(21)14-10(2)19-20-11(14)3/h7,9,12-13H,4-6,8H2,1-3H3,(H,18,22)(H,19,20)/t12-,13-/m0/s1. The topological polar surface area (TPSA) is 73.9 Å². The number of carbonyl (C=O) groups excluding carboxylic acids is 1. The van der Waals surface area contributed by atoms with Gasteiger partial charge < -0.3 is 10.2 Å². The molecule has 3 heterocycles. The second-order valence-electron chi connectivity index (χ2n) is 5.98. The number of hydrogen-bond donors (Lipinski definition) is 2. The van der Waals surface area contributed by atoms with Crippen molar-refractivity contribution in [2.75, 3.05) is 6.54 Å². The molecular weight excluding hydrogens is 310 g/mol. The van der Waals surface area contributed by atoms with Gasteiger partial charge in [0.1, 0.15) is 5.01 Å². The average Bonchev–Trinajstić information content (AvgIpc) is 3.26. The number of urea groups is 1. The monoisotopic (exact) mass is 333 g/mol. The highest BCUT2D eigenvalue weighted by Crippen LogP contribution is 2.35. The molecule has 7 heteroatoms. The van der Waals surface area contributed by atoms with E-state index in [-0.39, 0.29) is 18.1 Å². The summed E-state index contributed by atoms with van der Waals surface area (Å²) in [7, 11) is 0. The Kier molecular flexibility index (Phi) is 4.66. The van der Waals surface area contributed by atoms with Crippen LogP contribution in [-0.4, -0.2) is 32.7 Å². The normalized spacial score (nSPS) is 19.1. The molecular formula is C16H23N5OS. The summed E-state index contributed by atoms with van der Waals surface area (Å²) in [5, 5.41) is 13.4. The third kappa shape index (κ3) is 3.10. The molecule has 1 fully saturated rings. The molecule has 0 spiro atoms. The third-order valence-corrected chi connectivity index (χ3v) is 5.38. The number of rotatable bonds is 4. The van der Waals surface area contributed by atoms with E-state index in [1.807, 2.05) is 24.1 Å². The van der Waals surface area contributed by atoms with Crippen LogP contribution < -0.4 is 5.32 Å². The van der Waals surface area contributed by atoms with Crippen LogP contribution in [0.5, 0.6) is 0 Å². The fraction of sp³-hybridized carbons (Fsp3) is 0.562. The summed E-state index contributed by atoms with van der Waals surface area (Å²) >= 11 is 1.58. The Morgan fingerprint density at radius 3 is 3.00 bits per heavy atom. The molecule has 2 N–H and O–H groups in total. The quantitative estimate of drug-likeness (QED) is 0.899. The molecule has 2 aromatic rings. The lowest BCUT2D eigenvalue weighted by Gasteiger charge is -2.27. The summed E-state index contributed by atoms with van der Waals surface area (Å²) in [4.78, 5) is 19.1. The van der Waals surface area contributed by atoms with Crippen LogP contribution in [0.1, 0.15) is 60.2 Å². The van der Waals surface area contributed by atoms with Crippen LogP contribution in [0, 0.1) is 13.8 Å². The number of thiazole rings is 1. The van der Waals surface area contributed by atoms with E-state index in [1.54, 1.807) is 17.5 Å². The maximum Gasteiger partial charge on any atom is 0.318 e. The SMILES string of the molecule is CC[C@H](NC(=O)N1CCC[C@H]1c1c(C)n[nH]c1C)c1nccs1. The summed E-state index contributed by atoms with van der Waals surface area (Å²) in [5.41, 5.74) is 3.21. The van der Waals surface area contributed by atoms with Gasteiger partial charge in [-0.1, -0.05) is 6.92 Å². The molecule has 0 aromatic carbocycles. The van der Waals surface area contributed by atoms with Crippen LogP contribution in [-0.2, 0) is 0 Å². The highest BCUT2D eigenvalue weighted by atomic mass is 32.1. The highest BCUT2D eigenvalue weighted by Gasteiger charge is 2.33. The first kappa shape index (κ1) is 16.0. The average molecular weight is 333 g/mol. The number of hydrogen-bond acceptors (Lipinski definition) is 4. The predicted octanol–water partition coefficient (Wildman–Crippen LogP) is 3.48. The van der Waals surface area contributed by atoms with Gasteiger partial charge in [-0.05, 0) is 33.1 Å². The van der Waals surface area contributed by atoms with E-state index in [2.05, 4.69) is 27.4 Å². The van der Waals surface area contributed by atoms with Crippen molar-refractivity contribution in [2.24, 2.45) is 0 Å². The molecule has 1 saturated heterocycles. The first-order valence-corrected chi connectivity index (χ1v) is 8.97. The van der Waals surface area contributed by atoms with Crippen LogP contribution in [0.2, 0.25) is 0 Å². The molecule has 0 unspecified atom stereocenters. The van der Waals surface area contributed by atoms with E-state index < -0.39 is 0 Å². The summed E-state index contributed by atoms with van der Waals surface area (Å²) in [6.45, 7) is 6.87. The van der Waals surface area contributed by atoms with Crippen molar-refractivity contribution in [1.82, 2.24) is 25.4 Å². The van der Waals surface area contributed by atoms with E-state index in [4.69, 9.17) is 0 Å². The predicted molar refractivity (Wildman–Crippen MR) is 90.4 cm³/mol. The van der Waals surface area contributed by atoms with Crippen LogP contribution in [0.15, 0.2) is 11.6 Å². The Bertz CT molecular complexity index is 647. The minimum Gasteiger partial charge on any atom is -0.329 e. The fourth-order valence-corrected chi connectivity index (χ4v) is 4.11. The number of aryl methyl sites for hydroxylation is 2. The summed E-state index contributed by atoms with van der Waals surface area (Å²) < 4.78 is 0. The van der Waals surface area contributed by atoms with Gasteiger partial charge in [0.25, 0.3) is 0 Å². The number of nitrogens with one attached hydrogen (secondary N) is 2. The van der Waals surface area contributed by atoms with E-state index in [0.29, 0.717) is 0 Å². The van der Waals surface area contributed by atoms with Gasteiger partial charge in [0, 0.05) is 29.4 Å². The Labute approximate surface area is 140 Å². The van der Waals surface area contributed by atoms with Crippen molar-refractivity contribution in [1.29, 1.82) is 0 Å². The Balaban J connectivity index is 1.76. The van der Waals surface area contributed by atoms with Crippen LogP contribution >= 0.6 is 11.3 Å². The zero-order chi connectivity index (χ0) is 16.4. The minimum atomic E-state index is -0.0182. The molecule has 0 bridgehead atoms. The molecule has 2 atom stereocenters. The van der Waals surface area contributed by atoms with E-state index in [0.717, 1.165) is 42.2 Å². The van der Waals surface area contributed by atoms with E-state index >= 15 is 0 Å². The van der Waals surface area contributed by atoms with Gasteiger partial charge in [-0.15, -0.1) is 11.3 Å². The molecule has 0 saturated carbocycles. The first-order valence-electron chi connectivity index (χ1n) is 8.09. The van der Waals surface area contributed by atoms with Crippen molar-refractivity contribution in [3.63, 3.8) is 0 Å². The number of aromatic amines is 1. The highest BCUT2D eigenvalue weighted by molar-refractivity contribution is 7.09. The lowest BCUT2D eigenvalue weighted by atomic mass is 10.0. The zero-order valence-corrected chi connectivity index (χ0v) is 14.6. The maximum absolute atomic E-state index is 12.8. The van der Waals surface area contributed by atoms with Gasteiger partial charge >= 0.3 is 6.03 Å². The van der Waals surface area contributed by atoms with Gasteiger partial charge in [-0.25, -0.2) is 9.78 Å². The van der Waals surface area contributed by atoms with Gasteiger partial charge in [-0.2, -0.15) is 5.10 Å². The number of amides is 2. The number of aromatic nitrogens is 3. The van der Waals surface area contributed by atoms with Crippen LogP contribution in [0.25, 0.3) is 0 Å². The second-order valence-corrected chi connectivity index (χ2v) is 6.91. The van der Waals surface area contributed by atoms with Crippen molar-refractivity contribution in [3.05, 3.63) is 33.5 Å². The maximum atomic E-state index is 12.8. The van der Waals surface area contributed by atoms with E-state index in [1.165, 1.54) is 5.56 Å². The van der Waals surface area contributed by atoms with Gasteiger partial charge in [0.15, 0.2) is 0 Å². The lowest BCUT2D eigenvalue weighted by Crippen LogP contribution is -2.41. The summed E-state index contributed by atoms with van der Waals surface area (Å²) in [6.07, 6.45) is 4.63. The van der Waals surface area contributed by atoms with Crippen LogP contribution in [0.4, 0.5) is 4.79 Å². The molecule has 124 valence electrons. The van der Waals surface area contributed by atoms with Crippen molar-refractivity contribution < 1.29 is 4.79 Å². The summed E-state index contributed by atoms with van der Waals surface area (Å²) in [5.74, 6) is 0. The van der Waals surface area contributed by atoms with E-state index in [9.17, 15) is 4.79 Å². The molecule has 0 radical (unpaired) electrons. The second kappa shape index (κ2) is 6.70. The number of likely N-dealkylation sites (tertiary alicyclic amines) is 1. The number of H-pyrrole nitrogens is 1. The lowest BCUT2D eigenvalue weighted by molar-refractivity contribution is 0.188. The summed E-state index contributed by atoms with van der Waals surface area (Å²) in [6, 6.07) is 0.0902. The number of carbonyl (C=O) groups is 1. The van der Waals surface area contributed by atoms with Crippen LogP contribution in [0.3, 0.4) is 0 Å². The molecule has 2 amide bonds. The molecule has 1 aliphatic heterocycles. The fourth-order valence-electron chi connectivity index (χ4n) is 3.34. The molecule has 2 aromatic heterocycles. The van der Waals surface area contributed by atoms with Gasteiger partial charge in [0.2, 0.25) is 0 Å². The molecule has 23 heavy (non-hydrogen) atoms. The smallest absolute Gasteiger partial charge is 0.318 e. The Hall–Kier alpha value is -1.89. The molecule has 6 nitrogen and oxygen atoms in total. The van der Waals surface area contributed by atoms with Crippen molar-refractivity contribution >= 4 is 17.4 Å². The Morgan fingerprint density at radius 1 is 1.57 bits per heavy atom. The molecule has 0 aliphatic carbocycles. The molecule has 3 rings (SSSR count). The number of nitrogens with zero attached hydrogens (tertiary/aromatic N) is 3.